The third-order valence-electron chi connectivity index (χ3n) is 6.72. The number of amides is 6. The number of aliphatic imine (C=N–C) groups is 3. The van der Waals surface area contributed by atoms with E-state index in [2.05, 4.69) is 62.8 Å². The van der Waals surface area contributed by atoms with Gasteiger partial charge in [0.2, 0.25) is 0 Å². The van der Waals surface area contributed by atoms with E-state index in [0.29, 0.717) is 57.9 Å². The Bertz CT molecular complexity index is 1680. The number of nitrogens with two attached hydrogens (primary N) is 3. The van der Waals surface area contributed by atoms with Crippen LogP contribution in [0.5, 0.6) is 0 Å². The minimum atomic E-state index is -0.839. The first kappa shape index (κ1) is 46.4. The van der Waals surface area contributed by atoms with E-state index >= 15 is 0 Å². The molecular weight excluding hydrogens is 804 g/mol. The number of hydrogen-bond acceptors (Lipinski definition) is 6. The van der Waals surface area contributed by atoms with Crippen molar-refractivity contribution in [2.24, 2.45) is 32.2 Å². The molecule has 12 N–H and O–H groups in total. The molecular formula is C33H42BrClF4N12O3. The van der Waals surface area contributed by atoms with Crippen molar-refractivity contribution < 1.29 is 31.9 Å². The Kier molecular flexibility index (Phi) is 19.9. The highest BCUT2D eigenvalue weighted by atomic mass is 79.9. The minimum Gasteiger partial charge on any atom is -0.370 e. The number of carbonyl (C=O) groups excluding carboxylic acids is 3. The molecule has 3 rings (SSSR count). The molecule has 0 spiro atoms. The average molecular weight is 846 g/mol. The van der Waals surface area contributed by atoms with Gasteiger partial charge in [0, 0.05) is 31.7 Å². The molecule has 6 amide bonds. The monoisotopic (exact) mass is 844 g/mol. The van der Waals surface area contributed by atoms with E-state index in [0.717, 1.165) is 12.1 Å². The number of aryl methyl sites for hydroxylation is 3. The highest BCUT2D eigenvalue weighted by molar-refractivity contribution is 9.10. The van der Waals surface area contributed by atoms with Crippen molar-refractivity contribution in [1.29, 1.82) is 0 Å². The van der Waals surface area contributed by atoms with Crippen molar-refractivity contribution in [3.63, 3.8) is 0 Å². The number of benzene rings is 3. The first-order valence-electron chi connectivity index (χ1n) is 15.8. The van der Waals surface area contributed by atoms with Crippen LogP contribution in [-0.2, 0) is 19.3 Å². The highest BCUT2D eigenvalue weighted by Crippen LogP contribution is 2.29. The fraction of sp³-hybridized carbons (Fsp3) is 0.273. The summed E-state index contributed by atoms with van der Waals surface area (Å²) in [5.41, 5.74) is 18.4. The molecule has 0 saturated carbocycles. The Labute approximate surface area is 322 Å². The predicted octanol–water partition coefficient (Wildman–Crippen LogP) is 5.92. The normalized spacial score (nSPS) is 11.2. The fourth-order valence-corrected chi connectivity index (χ4v) is 4.93. The second-order valence-electron chi connectivity index (χ2n) is 10.4. The molecule has 0 aliphatic heterocycles. The van der Waals surface area contributed by atoms with Crippen LogP contribution in [0.3, 0.4) is 0 Å². The van der Waals surface area contributed by atoms with Gasteiger partial charge in [-0.05, 0) is 82.2 Å². The molecule has 294 valence electrons. The predicted molar refractivity (Wildman–Crippen MR) is 209 cm³/mol. The van der Waals surface area contributed by atoms with Crippen LogP contribution in [0.4, 0.5) is 49.0 Å². The van der Waals surface area contributed by atoms with Crippen LogP contribution in [0.15, 0.2) is 55.8 Å². The van der Waals surface area contributed by atoms with E-state index in [9.17, 15) is 31.9 Å². The third-order valence-corrected chi connectivity index (χ3v) is 7.64. The number of halogens is 6. The fourth-order valence-electron chi connectivity index (χ4n) is 4.09. The molecule has 0 aliphatic rings. The van der Waals surface area contributed by atoms with E-state index in [-0.39, 0.29) is 34.4 Å². The number of guanidine groups is 3. The van der Waals surface area contributed by atoms with Gasteiger partial charge in [0.15, 0.2) is 17.9 Å². The standard InChI is InChI=1S/C11H14BrFN4O.C11H14ClFN4O.C11H14F2N4O/c2*1-3-6-4-7(13)5-8(12)9(6)16-11(18)17-10(14)15-2;1-3-6-4-7(12)5-8(13)9(6)16-11(18)17-10(14)15-2/h3*4-5H,3H2,1-2H3,(H4,14,15,16,17,18). The molecule has 0 unspecified atom stereocenters. The molecule has 15 nitrogen and oxygen atoms in total. The van der Waals surface area contributed by atoms with Gasteiger partial charge in [0.25, 0.3) is 0 Å². The minimum absolute atomic E-state index is 0.00350. The zero-order valence-electron chi connectivity index (χ0n) is 30.2. The Balaban J connectivity index is 0.000000405. The zero-order valence-corrected chi connectivity index (χ0v) is 32.5. The van der Waals surface area contributed by atoms with Crippen LogP contribution in [0.25, 0.3) is 0 Å². The van der Waals surface area contributed by atoms with Gasteiger partial charge in [-0.25, -0.2) is 31.9 Å². The summed E-state index contributed by atoms with van der Waals surface area (Å²) in [5.74, 6) is -2.46. The number of nitrogens with zero attached hydrogens (tertiary/aromatic N) is 3. The van der Waals surface area contributed by atoms with Crippen LogP contribution in [0, 0.1) is 23.3 Å². The van der Waals surface area contributed by atoms with Gasteiger partial charge in [0.1, 0.15) is 23.3 Å². The van der Waals surface area contributed by atoms with E-state index in [1.165, 1.54) is 39.3 Å². The second-order valence-corrected chi connectivity index (χ2v) is 11.7. The van der Waals surface area contributed by atoms with Crippen LogP contribution < -0.4 is 49.1 Å². The van der Waals surface area contributed by atoms with Crippen molar-refractivity contribution in [2.75, 3.05) is 37.1 Å². The van der Waals surface area contributed by atoms with Crippen molar-refractivity contribution in [3.8, 4) is 0 Å². The molecule has 54 heavy (non-hydrogen) atoms. The first-order chi connectivity index (χ1) is 25.4. The van der Waals surface area contributed by atoms with Gasteiger partial charge in [-0.1, -0.05) is 32.4 Å². The van der Waals surface area contributed by atoms with Crippen LogP contribution >= 0.6 is 27.5 Å². The molecule has 3 aromatic carbocycles. The summed E-state index contributed by atoms with van der Waals surface area (Å²) in [6.07, 6.45) is 1.50. The lowest BCUT2D eigenvalue weighted by molar-refractivity contribution is 0.255. The van der Waals surface area contributed by atoms with Gasteiger partial charge in [0.05, 0.1) is 22.1 Å². The maximum absolute atomic E-state index is 13.5. The molecule has 0 radical (unpaired) electrons. The maximum atomic E-state index is 13.5. The van der Waals surface area contributed by atoms with Crippen LogP contribution in [0.2, 0.25) is 5.02 Å². The first-order valence-corrected chi connectivity index (χ1v) is 16.9. The second kappa shape index (κ2) is 23.1. The maximum Gasteiger partial charge on any atom is 0.326 e. The molecule has 0 heterocycles. The van der Waals surface area contributed by atoms with E-state index < -0.39 is 35.5 Å². The summed E-state index contributed by atoms with van der Waals surface area (Å²) in [4.78, 5) is 45.3. The Morgan fingerprint density at radius 1 is 0.593 bits per heavy atom. The number of anilines is 3. The highest BCUT2D eigenvalue weighted by Gasteiger charge is 2.15. The van der Waals surface area contributed by atoms with Crippen LogP contribution in [-0.4, -0.2) is 57.1 Å². The lowest BCUT2D eigenvalue weighted by atomic mass is 10.1. The Morgan fingerprint density at radius 2 is 0.926 bits per heavy atom. The van der Waals surface area contributed by atoms with E-state index in [1.807, 2.05) is 13.8 Å². The molecule has 0 atom stereocenters. The third kappa shape index (κ3) is 15.5. The largest absolute Gasteiger partial charge is 0.370 e. The summed E-state index contributed by atoms with van der Waals surface area (Å²) in [6.45, 7) is 5.42. The van der Waals surface area contributed by atoms with Gasteiger partial charge >= 0.3 is 18.1 Å². The molecule has 0 aromatic heterocycles. The molecule has 21 heteroatoms. The summed E-state index contributed by atoms with van der Waals surface area (Å²) >= 11 is 9.09. The van der Waals surface area contributed by atoms with Crippen LogP contribution in [0.1, 0.15) is 37.5 Å². The smallest absolute Gasteiger partial charge is 0.326 e. The molecule has 0 fully saturated rings. The lowest BCUT2D eigenvalue weighted by Gasteiger charge is -2.12. The Hall–Kier alpha value is -5.63. The van der Waals surface area contributed by atoms with Crippen molar-refractivity contribution >= 4 is 80.6 Å². The zero-order chi connectivity index (χ0) is 41.1. The molecule has 0 aliphatic carbocycles. The average Bonchev–Trinajstić information content (AvgIpc) is 3.11. The lowest BCUT2D eigenvalue weighted by Crippen LogP contribution is -2.39. The molecule has 0 bridgehead atoms. The number of carbonyl (C=O) groups is 3. The topological polar surface area (TPSA) is 239 Å². The van der Waals surface area contributed by atoms with Gasteiger partial charge in [-0.3, -0.25) is 30.9 Å². The van der Waals surface area contributed by atoms with Gasteiger partial charge in [-0.2, -0.15) is 0 Å². The Morgan fingerprint density at radius 3 is 1.33 bits per heavy atom. The van der Waals surface area contributed by atoms with Gasteiger partial charge < -0.3 is 33.2 Å². The number of urea groups is 3. The molecule has 0 saturated heterocycles. The van der Waals surface area contributed by atoms with E-state index in [1.54, 1.807) is 6.92 Å². The van der Waals surface area contributed by atoms with Crippen molar-refractivity contribution in [1.82, 2.24) is 16.0 Å². The quantitative estimate of drug-likeness (QED) is 0.0829. The number of hydrogen-bond donors (Lipinski definition) is 9. The van der Waals surface area contributed by atoms with E-state index in [4.69, 9.17) is 28.8 Å². The SMILES string of the molecule is CCc1cc(F)cc(Br)c1NC(=O)NC(N)=NC.CCc1cc(F)cc(Cl)c1NC(=O)NC(N)=NC.CCc1cc(F)cc(F)c1NC(=O)NC(N)=NC. The summed E-state index contributed by atoms with van der Waals surface area (Å²) < 4.78 is 53.3. The van der Waals surface area contributed by atoms with Gasteiger partial charge in [-0.15, -0.1) is 0 Å². The molecule has 3 aromatic rings. The van der Waals surface area contributed by atoms with Crippen molar-refractivity contribution in [2.45, 2.75) is 40.0 Å². The summed E-state index contributed by atoms with van der Waals surface area (Å²) in [6, 6.07) is 5.12. The number of rotatable bonds is 6. The summed E-state index contributed by atoms with van der Waals surface area (Å²) in [7, 11) is 4.30. The number of nitrogens with one attached hydrogen (secondary N) is 6. The summed E-state index contributed by atoms with van der Waals surface area (Å²) in [5, 5.41) is 14.3. The van der Waals surface area contributed by atoms with Crippen molar-refractivity contribution in [3.05, 3.63) is 85.9 Å².